The average molecular weight is 428 g/mol. The number of unbranched alkanes of at least 4 members (excludes halogenated alkanes) is 2. The summed E-state index contributed by atoms with van der Waals surface area (Å²) in [7, 11) is 0. The molecule has 0 spiro atoms. The van der Waals surface area contributed by atoms with Crippen LogP contribution in [0.4, 0.5) is 4.39 Å². The molecule has 5 heteroatoms. The lowest BCUT2D eigenvalue weighted by Gasteiger charge is -2.11. The van der Waals surface area contributed by atoms with Crippen LogP contribution in [-0.4, -0.2) is 17.1 Å². The molecule has 2 rings (SSSR count). The van der Waals surface area contributed by atoms with E-state index >= 15 is 0 Å². The SMILES string of the molecule is CCC/C=c1/c(=C(N)\N=C(/C)OCCCC)cc(CC)n1Cc1ccc(CC)c(F)c1. The molecule has 1 aromatic heterocycles. The van der Waals surface area contributed by atoms with Gasteiger partial charge in [-0.25, -0.2) is 9.38 Å². The van der Waals surface area contributed by atoms with Crippen LogP contribution in [0.1, 0.15) is 77.1 Å². The average Bonchev–Trinajstić information content (AvgIpc) is 3.09. The van der Waals surface area contributed by atoms with Crippen molar-refractivity contribution in [2.24, 2.45) is 10.7 Å². The molecule has 0 saturated carbocycles. The summed E-state index contributed by atoms with van der Waals surface area (Å²) >= 11 is 0. The molecule has 0 aliphatic rings. The van der Waals surface area contributed by atoms with Crippen molar-refractivity contribution >= 4 is 17.8 Å². The minimum atomic E-state index is -0.139. The highest BCUT2D eigenvalue weighted by molar-refractivity contribution is 5.77. The highest BCUT2D eigenvalue weighted by Gasteiger charge is 2.10. The van der Waals surface area contributed by atoms with Crippen LogP contribution in [0.3, 0.4) is 0 Å². The smallest absolute Gasteiger partial charge is 0.186 e. The van der Waals surface area contributed by atoms with Gasteiger partial charge in [-0.15, -0.1) is 0 Å². The molecule has 2 aromatic rings. The van der Waals surface area contributed by atoms with Gasteiger partial charge < -0.3 is 15.0 Å². The van der Waals surface area contributed by atoms with Crippen molar-refractivity contribution in [1.29, 1.82) is 0 Å². The van der Waals surface area contributed by atoms with Gasteiger partial charge in [0.25, 0.3) is 0 Å². The van der Waals surface area contributed by atoms with Crippen LogP contribution in [0.5, 0.6) is 0 Å². The summed E-state index contributed by atoms with van der Waals surface area (Å²) in [4.78, 5) is 4.52. The molecule has 31 heavy (non-hydrogen) atoms. The number of ether oxygens (including phenoxy) is 1. The Morgan fingerprint density at radius 3 is 2.52 bits per heavy atom. The van der Waals surface area contributed by atoms with Gasteiger partial charge in [-0.2, -0.15) is 0 Å². The van der Waals surface area contributed by atoms with Crippen LogP contribution in [0.2, 0.25) is 0 Å². The molecule has 2 N–H and O–H groups in total. The van der Waals surface area contributed by atoms with E-state index in [2.05, 4.69) is 42.5 Å². The molecule has 0 atom stereocenters. The fourth-order valence-corrected chi connectivity index (χ4v) is 3.59. The van der Waals surface area contributed by atoms with E-state index < -0.39 is 0 Å². The van der Waals surface area contributed by atoms with E-state index in [-0.39, 0.29) is 5.82 Å². The van der Waals surface area contributed by atoms with Gasteiger partial charge in [0.1, 0.15) is 11.6 Å². The van der Waals surface area contributed by atoms with Crippen LogP contribution in [0.25, 0.3) is 11.9 Å². The number of aryl methyl sites for hydroxylation is 2. The van der Waals surface area contributed by atoms with Crippen LogP contribution in [0.15, 0.2) is 29.3 Å². The van der Waals surface area contributed by atoms with E-state index in [0.29, 0.717) is 31.3 Å². The quantitative estimate of drug-likeness (QED) is 0.341. The standard InChI is InChI=1S/C26H38FN3O/c1-6-10-12-25-23(26(28)29-19(5)31-15-11-7-2)17-22(9-4)30(25)18-20-13-14-21(8-3)24(27)16-20/h12-14,16-17H,6-11,15,18,28H2,1-5H3/b25-12-,26-23-,29-19+. The second-order valence-electron chi connectivity index (χ2n) is 7.86. The Hall–Kier alpha value is -2.56. The molecule has 0 unspecified atom stereocenters. The zero-order valence-corrected chi connectivity index (χ0v) is 19.8. The van der Waals surface area contributed by atoms with E-state index in [1.54, 1.807) is 6.07 Å². The highest BCUT2D eigenvalue weighted by atomic mass is 19.1. The van der Waals surface area contributed by atoms with E-state index in [1.165, 1.54) is 0 Å². The van der Waals surface area contributed by atoms with Crippen molar-refractivity contribution in [2.45, 2.75) is 79.7 Å². The van der Waals surface area contributed by atoms with Crippen molar-refractivity contribution < 1.29 is 9.13 Å². The van der Waals surface area contributed by atoms with Gasteiger partial charge in [-0.3, -0.25) is 0 Å². The lowest BCUT2D eigenvalue weighted by molar-refractivity contribution is 0.294. The van der Waals surface area contributed by atoms with Crippen LogP contribution >= 0.6 is 0 Å². The summed E-state index contributed by atoms with van der Waals surface area (Å²) in [6, 6.07) is 7.66. The first-order valence-electron chi connectivity index (χ1n) is 11.6. The van der Waals surface area contributed by atoms with E-state index in [0.717, 1.165) is 59.5 Å². The van der Waals surface area contributed by atoms with Crippen molar-refractivity contribution in [1.82, 2.24) is 4.57 Å². The molecular formula is C26H38FN3O. The Bertz CT molecular complexity index is 1000. The first-order valence-corrected chi connectivity index (χ1v) is 11.6. The second-order valence-corrected chi connectivity index (χ2v) is 7.86. The van der Waals surface area contributed by atoms with E-state index in [1.807, 2.05) is 26.0 Å². The number of aliphatic imine (C=N–C) groups is 1. The molecule has 1 aromatic carbocycles. The van der Waals surface area contributed by atoms with Gasteiger partial charge >= 0.3 is 0 Å². The maximum absolute atomic E-state index is 14.4. The van der Waals surface area contributed by atoms with Crippen LogP contribution < -0.4 is 16.3 Å². The number of benzene rings is 1. The fraction of sp³-hybridized carbons (Fsp3) is 0.500. The molecule has 0 saturated heterocycles. The van der Waals surface area contributed by atoms with Crippen molar-refractivity contribution in [3.05, 3.63) is 57.5 Å². The third-order valence-corrected chi connectivity index (χ3v) is 5.41. The first kappa shape index (κ1) is 24.7. The number of aromatic nitrogens is 1. The molecule has 170 valence electrons. The summed E-state index contributed by atoms with van der Waals surface area (Å²) in [5.41, 5.74) is 9.26. The number of hydrogen-bond donors (Lipinski definition) is 1. The molecular weight excluding hydrogens is 389 g/mol. The summed E-state index contributed by atoms with van der Waals surface area (Å²) < 4.78 is 22.3. The number of rotatable bonds is 10. The third-order valence-electron chi connectivity index (χ3n) is 5.41. The normalized spacial score (nSPS) is 13.6. The maximum atomic E-state index is 14.4. The molecule has 4 nitrogen and oxygen atoms in total. The molecule has 0 radical (unpaired) electrons. The molecule has 0 aliphatic heterocycles. The van der Waals surface area contributed by atoms with Crippen LogP contribution in [0, 0.1) is 5.82 Å². The van der Waals surface area contributed by atoms with Crippen molar-refractivity contribution in [2.75, 3.05) is 6.61 Å². The Balaban J connectivity index is 2.55. The minimum absolute atomic E-state index is 0.139. The fourth-order valence-electron chi connectivity index (χ4n) is 3.59. The van der Waals surface area contributed by atoms with Gasteiger partial charge in [0.2, 0.25) is 0 Å². The van der Waals surface area contributed by atoms with Crippen molar-refractivity contribution in [3.63, 3.8) is 0 Å². The predicted octanol–water partition coefficient (Wildman–Crippen LogP) is 4.64. The summed E-state index contributed by atoms with van der Waals surface area (Å²) in [6.07, 6.45) is 7.79. The lowest BCUT2D eigenvalue weighted by atomic mass is 10.1. The van der Waals surface area contributed by atoms with Crippen molar-refractivity contribution in [3.8, 4) is 0 Å². The zero-order chi connectivity index (χ0) is 22.8. The predicted molar refractivity (Wildman–Crippen MR) is 129 cm³/mol. The lowest BCUT2D eigenvalue weighted by Crippen LogP contribution is -2.33. The Labute approximate surface area is 186 Å². The monoisotopic (exact) mass is 427 g/mol. The van der Waals surface area contributed by atoms with Gasteiger partial charge in [0.15, 0.2) is 5.90 Å². The number of halogens is 1. The largest absolute Gasteiger partial charge is 0.481 e. The molecule has 0 bridgehead atoms. The zero-order valence-electron chi connectivity index (χ0n) is 19.8. The molecule has 0 fully saturated rings. The molecule has 0 amide bonds. The van der Waals surface area contributed by atoms with Gasteiger partial charge in [-0.05, 0) is 48.9 Å². The number of nitrogens with zero attached hydrogens (tertiary/aromatic N) is 2. The summed E-state index contributed by atoms with van der Waals surface area (Å²) in [5.74, 6) is 0.896. The van der Waals surface area contributed by atoms with E-state index in [4.69, 9.17) is 10.5 Å². The van der Waals surface area contributed by atoms with Gasteiger partial charge in [0, 0.05) is 29.7 Å². The summed E-state index contributed by atoms with van der Waals surface area (Å²) in [5, 5.41) is 1.95. The first-order chi connectivity index (χ1) is 14.9. The third kappa shape index (κ3) is 6.71. The number of nitrogens with two attached hydrogens (primary N) is 1. The van der Waals surface area contributed by atoms with Gasteiger partial charge in [-0.1, -0.05) is 58.7 Å². The highest BCUT2D eigenvalue weighted by Crippen LogP contribution is 2.13. The Kier molecular flexibility index (Phi) is 9.83. The molecule has 1 heterocycles. The Morgan fingerprint density at radius 1 is 1.13 bits per heavy atom. The van der Waals surface area contributed by atoms with E-state index in [9.17, 15) is 4.39 Å². The topological polar surface area (TPSA) is 52.5 Å². The summed E-state index contributed by atoms with van der Waals surface area (Å²) in [6.45, 7) is 11.5. The van der Waals surface area contributed by atoms with Crippen LogP contribution in [-0.2, 0) is 24.1 Å². The number of hydrogen-bond acceptors (Lipinski definition) is 3. The minimum Gasteiger partial charge on any atom is -0.481 e. The van der Waals surface area contributed by atoms with Gasteiger partial charge in [0.05, 0.1) is 6.61 Å². The second kappa shape index (κ2) is 12.3. The molecule has 0 aliphatic carbocycles. The maximum Gasteiger partial charge on any atom is 0.186 e. The Morgan fingerprint density at radius 2 is 1.90 bits per heavy atom.